The van der Waals surface area contributed by atoms with Crippen molar-refractivity contribution in [2.45, 2.75) is 24.4 Å². The van der Waals surface area contributed by atoms with Crippen molar-refractivity contribution in [2.75, 3.05) is 6.61 Å². The predicted octanol–water partition coefficient (Wildman–Crippen LogP) is -1.41. The van der Waals surface area contributed by atoms with Gasteiger partial charge in [0.05, 0.1) is 12.2 Å². The molecule has 1 saturated heterocycles. The molecule has 0 bridgehead atoms. The SMILES string of the molecule is O=c1[nH]c(=S)[nH]cc1[C@@H]1O[C@H](CO)C(O)C1O. The Bertz CT molecular complexity index is 513. The maximum Gasteiger partial charge on any atom is 0.257 e. The van der Waals surface area contributed by atoms with Crippen LogP contribution in [0.15, 0.2) is 11.0 Å². The van der Waals surface area contributed by atoms with Gasteiger partial charge in [-0.3, -0.25) is 9.78 Å². The first-order chi connectivity index (χ1) is 8.04. The first kappa shape index (κ1) is 12.4. The largest absolute Gasteiger partial charge is 0.394 e. The Labute approximate surface area is 101 Å². The Morgan fingerprint density at radius 1 is 1.41 bits per heavy atom. The molecule has 7 nitrogen and oxygen atoms in total. The monoisotopic (exact) mass is 260 g/mol. The molecule has 1 fully saturated rings. The first-order valence-corrected chi connectivity index (χ1v) is 5.39. The van der Waals surface area contributed by atoms with Gasteiger partial charge in [0.15, 0.2) is 4.77 Å². The van der Waals surface area contributed by atoms with E-state index in [1.54, 1.807) is 0 Å². The van der Waals surface area contributed by atoms with Gasteiger partial charge in [-0.1, -0.05) is 0 Å². The number of hydrogen-bond donors (Lipinski definition) is 5. The lowest BCUT2D eigenvalue weighted by Crippen LogP contribution is -2.33. The number of aliphatic hydroxyl groups is 3. The number of rotatable bonds is 2. The van der Waals surface area contributed by atoms with Crippen molar-refractivity contribution in [2.24, 2.45) is 0 Å². The highest BCUT2D eigenvalue weighted by molar-refractivity contribution is 7.71. The normalized spacial score (nSPS) is 32.9. The Hall–Kier alpha value is -1.06. The lowest BCUT2D eigenvalue weighted by atomic mass is 10.0. The van der Waals surface area contributed by atoms with Crippen LogP contribution in [0.3, 0.4) is 0 Å². The van der Waals surface area contributed by atoms with Crippen LogP contribution >= 0.6 is 12.2 Å². The first-order valence-electron chi connectivity index (χ1n) is 4.99. The Kier molecular flexibility index (Phi) is 3.40. The van der Waals surface area contributed by atoms with Gasteiger partial charge in [0.25, 0.3) is 5.56 Å². The van der Waals surface area contributed by atoms with Gasteiger partial charge in [-0.15, -0.1) is 0 Å². The maximum absolute atomic E-state index is 11.6. The third kappa shape index (κ3) is 2.17. The molecule has 0 saturated carbocycles. The Morgan fingerprint density at radius 3 is 2.65 bits per heavy atom. The molecule has 0 aromatic carbocycles. The Balaban J connectivity index is 2.35. The molecular weight excluding hydrogens is 248 g/mol. The van der Waals surface area contributed by atoms with Crippen LogP contribution in [-0.4, -0.2) is 50.2 Å². The molecular formula is C9H12N2O5S. The lowest BCUT2D eigenvalue weighted by molar-refractivity contribution is -0.0232. The molecule has 1 aliphatic heterocycles. The molecule has 94 valence electrons. The van der Waals surface area contributed by atoms with Crippen molar-refractivity contribution in [1.29, 1.82) is 0 Å². The van der Waals surface area contributed by atoms with E-state index in [4.69, 9.17) is 22.1 Å². The molecule has 0 aliphatic carbocycles. The molecule has 0 radical (unpaired) electrons. The fourth-order valence-electron chi connectivity index (χ4n) is 1.79. The van der Waals surface area contributed by atoms with Crippen LogP contribution in [-0.2, 0) is 4.74 Å². The van der Waals surface area contributed by atoms with E-state index in [2.05, 4.69) is 9.97 Å². The van der Waals surface area contributed by atoms with Gasteiger partial charge < -0.3 is 25.0 Å². The molecule has 8 heteroatoms. The molecule has 2 unspecified atom stereocenters. The van der Waals surface area contributed by atoms with E-state index < -0.39 is 36.6 Å². The zero-order chi connectivity index (χ0) is 12.6. The fourth-order valence-corrected chi connectivity index (χ4v) is 1.94. The third-order valence-corrected chi connectivity index (χ3v) is 2.92. The van der Waals surface area contributed by atoms with E-state index in [0.29, 0.717) is 0 Å². The van der Waals surface area contributed by atoms with Gasteiger partial charge in [0.1, 0.15) is 24.4 Å². The summed E-state index contributed by atoms with van der Waals surface area (Å²) >= 11 is 4.73. The predicted molar refractivity (Wildman–Crippen MR) is 59.0 cm³/mol. The summed E-state index contributed by atoms with van der Waals surface area (Å²) < 4.78 is 5.38. The number of aliphatic hydroxyl groups excluding tert-OH is 3. The van der Waals surface area contributed by atoms with Crippen molar-refractivity contribution < 1.29 is 20.1 Å². The second kappa shape index (κ2) is 4.67. The van der Waals surface area contributed by atoms with Crippen LogP contribution in [0.25, 0.3) is 0 Å². The summed E-state index contributed by atoms with van der Waals surface area (Å²) in [6.07, 6.45) is -3.07. The summed E-state index contributed by atoms with van der Waals surface area (Å²) in [6, 6.07) is 0. The molecule has 1 aromatic rings. The quantitative estimate of drug-likeness (QED) is 0.417. The highest BCUT2D eigenvalue weighted by Crippen LogP contribution is 2.31. The molecule has 1 aromatic heterocycles. The van der Waals surface area contributed by atoms with E-state index in [0.717, 1.165) is 0 Å². The summed E-state index contributed by atoms with van der Waals surface area (Å²) in [6.45, 7) is -0.435. The van der Waals surface area contributed by atoms with Gasteiger partial charge in [-0.05, 0) is 12.2 Å². The number of nitrogens with one attached hydrogen (secondary N) is 2. The molecule has 5 N–H and O–H groups in total. The maximum atomic E-state index is 11.6. The molecule has 17 heavy (non-hydrogen) atoms. The van der Waals surface area contributed by atoms with E-state index >= 15 is 0 Å². The highest BCUT2D eigenvalue weighted by Gasteiger charge is 2.44. The standard InChI is InChI=1S/C9H12N2O5S/c12-2-4-5(13)6(14)7(16-4)3-1-10-9(17)11-8(3)15/h1,4-7,12-14H,2H2,(H2,10,11,15,17)/t4-,5?,6?,7+/m1/s1. The smallest absolute Gasteiger partial charge is 0.257 e. The minimum atomic E-state index is -1.27. The van der Waals surface area contributed by atoms with Gasteiger partial charge >= 0.3 is 0 Å². The van der Waals surface area contributed by atoms with Crippen molar-refractivity contribution >= 4 is 12.2 Å². The molecule has 0 amide bonds. The summed E-state index contributed by atoms with van der Waals surface area (Å²) in [5.41, 5.74) is -0.371. The molecule has 0 spiro atoms. The minimum Gasteiger partial charge on any atom is -0.394 e. The second-order valence-electron chi connectivity index (χ2n) is 3.79. The average molecular weight is 260 g/mol. The fraction of sp³-hybridized carbons (Fsp3) is 0.556. The summed E-state index contributed by atoms with van der Waals surface area (Å²) in [4.78, 5) is 16.6. The third-order valence-electron chi connectivity index (χ3n) is 2.70. The number of ether oxygens (including phenoxy) is 1. The number of hydrogen-bond acceptors (Lipinski definition) is 6. The highest BCUT2D eigenvalue weighted by atomic mass is 32.1. The van der Waals surface area contributed by atoms with Crippen LogP contribution in [0.1, 0.15) is 11.7 Å². The van der Waals surface area contributed by atoms with Crippen molar-refractivity contribution in [3.63, 3.8) is 0 Å². The topological polar surface area (TPSA) is 119 Å². The van der Waals surface area contributed by atoms with E-state index in [-0.39, 0.29) is 10.3 Å². The number of aromatic nitrogens is 2. The number of H-pyrrole nitrogens is 2. The molecule has 2 heterocycles. The van der Waals surface area contributed by atoms with Crippen LogP contribution < -0.4 is 5.56 Å². The van der Waals surface area contributed by atoms with Crippen molar-refractivity contribution in [3.05, 3.63) is 26.9 Å². The van der Waals surface area contributed by atoms with E-state index in [1.165, 1.54) is 6.20 Å². The van der Waals surface area contributed by atoms with E-state index in [1.807, 2.05) is 0 Å². The van der Waals surface area contributed by atoms with Crippen LogP contribution in [0.2, 0.25) is 0 Å². The number of aromatic amines is 2. The van der Waals surface area contributed by atoms with Gasteiger partial charge in [-0.25, -0.2) is 0 Å². The van der Waals surface area contributed by atoms with Gasteiger partial charge in [-0.2, -0.15) is 0 Å². The zero-order valence-electron chi connectivity index (χ0n) is 8.66. The van der Waals surface area contributed by atoms with Crippen LogP contribution in [0, 0.1) is 4.77 Å². The zero-order valence-corrected chi connectivity index (χ0v) is 9.48. The van der Waals surface area contributed by atoms with Crippen molar-refractivity contribution in [1.82, 2.24) is 9.97 Å². The molecule has 2 rings (SSSR count). The van der Waals surface area contributed by atoms with Gasteiger partial charge in [0, 0.05) is 6.20 Å². The lowest BCUT2D eigenvalue weighted by Gasteiger charge is -2.13. The van der Waals surface area contributed by atoms with Crippen LogP contribution in [0.4, 0.5) is 0 Å². The summed E-state index contributed by atoms with van der Waals surface area (Å²) in [5, 5.41) is 28.2. The molecule has 4 atom stereocenters. The summed E-state index contributed by atoms with van der Waals surface area (Å²) in [5.74, 6) is 0. The van der Waals surface area contributed by atoms with Crippen LogP contribution in [0.5, 0.6) is 0 Å². The van der Waals surface area contributed by atoms with Crippen molar-refractivity contribution in [3.8, 4) is 0 Å². The summed E-state index contributed by atoms with van der Waals surface area (Å²) in [7, 11) is 0. The van der Waals surface area contributed by atoms with E-state index in [9.17, 15) is 15.0 Å². The Morgan fingerprint density at radius 2 is 2.12 bits per heavy atom. The van der Waals surface area contributed by atoms with Gasteiger partial charge in [0.2, 0.25) is 0 Å². The molecule has 1 aliphatic rings. The average Bonchev–Trinajstić information content (AvgIpc) is 2.57. The minimum absolute atomic E-state index is 0.126. The second-order valence-corrected chi connectivity index (χ2v) is 4.19.